The van der Waals surface area contributed by atoms with E-state index in [0.29, 0.717) is 0 Å². The molecule has 0 aliphatic heterocycles. The van der Waals surface area contributed by atoms with Crippen LogP contribution in [0.2, 0.25) is 0 Å². The van der Waals surface area contributed by atoms with Gasteiger partial charge in [0.2, 0.25) is 0 Å². The maximum Gasteiger partial charge on any atom is 0.105 e. The highest BCUT2D eigenvalue weighted by molar-refractivity contribution is 6.43. The van der Waals surface area contributed by atoms with Crippen LogP contribution in [0.3, 0.4) is 0 Å². The maximum atomic E-state index is 5.04. The van der Waals surface area contributed by atoms with Crippen LogP contribution in [0.4, 0.5) is 0 Å². The molecular formula is C4H12Cl2N2. The van der Waals surface area contributed by atoms with E-state index < -0.39 is 0 Å². The Morgan fingerprint density at radius 1 is 1.12 bits per heavy atom. The van der Waals surface area contributed by atoms with Crippen LogP contribution in [-0.2, 0) is 0 Å². The van der Waals surface area contributed by atoms with Crippen molar-refractivity contribution in [2.24, 2.45) is 0 Å². The van der Waals surface area contributed by atoms with E-state index in [2.05, 4.69) is 10.9 Å². The number of hydrogen-bond acceptors (Lipinski definition) is 2. The first-order chi connectivity index (χ1) is 3.65. The third kappa shape index (κ3) is 87.4. The molecule has 0 fully saturated rings. The lowest BCUT2D eigenvalue weighted by atomic mass is 11.0. The van der Waals surface area contributed by atoms with Gasteiger partial charge in [-0.3, -0.25) is 10.9 Å². The predicted octanol–water partition coefficient (Wildman–Crippen LogP) is 1.15. The van der Waals surface area contributed by atoms with Gasteiger partial charge in [-0.1, -0.05) is 0 Å². The van der Waals surface area contributed by atoms with Gasteiger partial charge in [-0.05, 0) is 21.0 Å². The monoisotopic (exact) mass is 158 g/mol. The molecule has 0 heterocycles. The zero-order chi connectivity index (χ0) is 6.99. The SMILES string of the molecule is CC(Cl)Cl.CNNC. The van der Waals surface area contributed by atoms with Gasteiger partial charge in [-0.2, -0.15) is 0 Å². The molecule has 0 aromatic carbocycles. The lowest BCUT2D eigenvalue weighted by Crippen LogP contribution is -2.21. The number of rotatable bonds is 1. The van der Waals surface area contributed by atoms with Crippen LogP contribution in [0.5, 0.6) is 0 Å². The maximum absolute atomic E-state index is 5.04. The number of nitrogens with one attached hydrogen (secondary N) is 2. The minimum atomic E-state index is -0.222. The van der Waals surface area contributed by atoms with Crippen molar-refractivity contribution in [3.05, 3.63) is 0 Å². The van der Waals surface area contributed by atoms with Gasteiger partial charge in [0.15, 0.2) is 0 Å². The van der Waals surface area contributed by atoms with Crippen LogP contribution in [0.25, 0.3) is 0 Å². The summed E-state index contributed by atoms with van der Waals surface area (Å²) in [6.45, 7) is 1.70. The summed E-state index contributed by atoms with van der Waals surface area (Å²) in [5, 5.41) is 0. The van der Waals surface area contributed by atoms with E-state index in [0.717, 1.165) is 0 Å². The Morgan fingerprint density at radius 3 is 1.25 bits per heavy atom. The number of hydrogen-bond donors (Lipinski definition) is 2. The van der Waals surface area contributed by atoms with Crippen LogP contribution in [0, 0.1) is 0 Å². The Labute approximate surface area is 60.5 Å². The van der Waals surface area contributed by atoms with Gasteiger partial charge in [0.25, 0.3) is 0 Å². The smallest absolute Gasteiger partial charge is 0.105 e. The molecule has 0 radical (unpaired) electrons. The summed E-state index contributed by atoms with van der Waals surface area (Å²) in [7, 11) is 3.64. The lowest BCUT2D eigenvalue weighted by Gasteiger charge is -1.81. The van der Waals surface area contributed by atoms with E-state index >= 15 is 0 Å². The number of hydrazine groups is 1. The van der Waals surface area contributed by atoms with Gasteiger partial charge in [-0.25, -0.2) is 0 Å². The van der Waals surface area contributed by atoms with E-state index in [1.165, 1.54) is 0 Å². The molecule has 0 unspecified atom stereocenters. The Bertz CT molecular complexity index is 28.5. The first-order valence-electron chi connectivity index (χ1n) is 2.26. The average Bonchev–Trinajstić information content (AvgIpc) is 1.65. The molecule has 0 saturated heterocycles. The summed E-state index contributed by atoms with van der Waals surface area (Å²) >= 11 is 10.1. The summed E-state index contributed by atoms with van der Waals surface area (Å²) in [4.78, 5) is -0.222. The largest absolute Gasteiger partial charge is 0.261 e. The summed E-state index contributed by atoms with van der Waals surface area (Å²) in [6.07, 6.45) is 0. The Hall–Kier alpha value is 0.500. The molecule has 0 atom stereocenters. The molecule has 0 aromatic rings. The molecule has 0 aliphatic carbocycles. The standard InChI is InChI=1S/C2H4Cl2.C2H8N2/c1-2(3)4;1-3-4-2/h2H,1H3;3-4H,1-2H3. The molecule has 0 aromatic heterocycles. The van der Waals surface area contributed by atoms with Crippen molar-refractivity contribution < 1.29 is 0 Å². The van der Waals surface area contributed by atoms with Crippen LogP contribution in [0.15, 0.2) is 0 Å². The van der Waals surface area contributed by atoms with Crippen molar-refractivity contribution in [3.63, 3.8) is 0 Å². The first kappa shape index (κ1) is 11.3. The summed E-state index contributed by atoms with van der Waals surface area (Å²) in [5.74, 6) is 0. The molecule has 2 nitrogen and oxygen atoms in total. The topological polar surface area (TPSA) is 24.1 Å². The molecular weight excluding hydrogens is 147 g/mol. The normalized spacial score (nSPS) is 8.25. The van der Waals surface area contributed by atoms with Crippen LogP contribution in [-0.4, -0.2) is 18.9 Å². The van der Waals surface area contributed by atoms with E-state index in [-0.39, 0.29) is 4.84 Å². The molecule has 0 bridgehead atoms. The van der Waals surface area contributed by atoms with Crippen LogP contribution >= 0.6 is 23.2 Å². The minimum Gasteiger partial charge on any atom is -0.261 e. The molecule has 4 heteroatoms. The predicted molar refractivity (Wildman–Crippen MR) is 39.3 cm³/mol. The van der Waals surface area contributed by atoms with Crippen molar-refractivity contribution >= 4 is 23.2 Å². The highest BCUT2D eigenvalue weighted by Gasteiger charge is 1.75. The molecule has 0 spiro atoms. The Kier molecular flexibility index (Phi) is 14.8. The van der Waals surface area contributed by atoms with E-state index in [4.69, 9.17) is 23.2 Å². The lowest BCUT2D eigenvalue weighted by molar-refractivity contribution is 0.689. The summed E-state index contributed by atoms with van der Waals surface area (Å²) < 4.78 is 0. The molecule has 8 heavy (non-hydrogen) atoms. The fourth-order valence-electron chi connectivity index (χ4n) is 0. The van der Waals surface area contributed by atoms with Crippen molar-refractivity contribution in [1.29, 1.82) is 0 Å². The van der Waals surface area contributed by atoms with Crippen LogP contribution in [0.1, 0.15) is 6.92 Å². The summed E-state index contributed by atoms with van der Waals surface area (Å²) in [6, 6.07) is 0. The quantitative estimate of drug-likeness (QED) is 0.443. The number of halogens is 2. The second-order valence-electron chi connectivity index (χ2n) is 1.02. The highest BCUT2D eigenvalue weighted by Crippen LogP contribution is 1.95. The molecule has 2 N–H and O–H groups in total. The average molecular weight is 159 g/mol. The summed E-state index contributed by atoms with van der Waals surface area (Å²) in [5.41, 5.74) is 5.36. The minimum absolute atomic E-state index is 0.222. The van der Waals surface area contributed by atoms with Gasteiger partial charge in [0.1, 0.15) is 4.84 Å². The molecule has 0 saturated carbocycles. The fraction of sp³-hybridized carbons (Fsp3) is 1.00. The van der Waals surface area contributed by atoms with Crippen molar-refractivity contribution in [2.75, 3.05) is 14.1 Å². The molecule has 52 valence electrons. The zero-order valence-electron chi connectivity index (χ0n) is 5.33. The second-order valence-corrected chi connectivity index (χ2v) is 2.55. The van der Waals surface area contributed by atoms with E-state index in [9.17, 15) is 0 Å². The van der Waals surface area contributed by atoms with Crippen molar-refractivity contribution in [1.82, 2.24) is 10.9 Å². The first-order valence-corrected chi connectivity index (χ1v) is 3.14. The van der Waals surface area contributed by atoms with Crippen molar-refractivity contribution in [2.45, 2.75) is 11.8 Å². The third-order valence-electron chi connectivity index (χ3n) is 0.250. The number of alkyl halides is 2. The van der Waals surface area contributed by atoms with Crippen molar-refractivity contribution in [3.8, 4) is 0 Å². The van der Waals surface area contributed by atoms with Gasteiger partial charge in [0, 0.05) is 0 Å². The van der Waals surface area contributed by atoms with Gasteiger partial charge >= 0.3 is 0 Å². The Balaban J connectivity index is 0. The van der Waals surface area contributed by atoms with Gasteiger partial charge < -0.3 is 0 Å². The zero-order valence-corrected chi connectivity index (χ0v) is 6.85. The Morgan fingerprint density at radius 2 is 1.25 bits per heavy atom. The fourth-order valence-corrected chi connectivity index (χ4v) is 0. The van der Waals surface area contributed by atoms with Crippen LogP contribution < -0.4 is 10.9 Å². The second kappa shape index (κ2) is 10.5. The highest BCUT2D eigenvalue weighted by atomic mass is 35.5. The third-order valence-corrected chi connectivity index (χ3v) is 0.250. The van der Waals surface area contributed by atoms with Gasteiger partial charge in [-0.15, -0.1) is 23.2 Å². The van der Waals surface area contributed by atoms with E-state index in [1.54, 1.807) is 6.92 Å². The molecule has 0 amide bonds. The van der Waals surface area contributed by atoms with Gasteiger partial charge in [0.05, 0.1) is 0 Å². The van der Waals surface area contributed by atoms with E-state index in [1.807, 2.05) is 14.1 Å². The molecule has 0 rings (SSSR count). The molecule has 0 aliphatic rings.